The van der Waals surface area contributed by atoms with Crippen LogP contribution in [0.3, 0.4) is 0 Å². The van der Waals surface area contributed by atoms with E-state index in [2.05, 4.69) is 19.8 Å². The van der Waals surface area contributed by atoms with Crippen molar-refractivity contribution in [3.8, 4) is 17.0 Å². The maximum Gasteiger partial charge on any atom is 0.488 e. The molecule has 1 N–H and O–H groups in total. The van der Waals surface area contributed by atoms with Gasteiger partial charge in [0.25, 0.3) is 0 Å². The van der Waals surface area contributed by atoms with E-state index in [1.54, 1.807) is 41.8 Å². The van der Waals surface area contributed by atoms with Crippen LogP contribution in [0.25, 0.3) is 33.2 Å². The lowest BCUT2D eigenvalue weighted by atomic mass is 10.0. The first-order valence-corrected chi connectivity index (χ1v) is 19.7. The van der Waals surface area contributed by atoms with Crippen molar-refractivity contribution in [3.63, 3.8) is 0 Å². The van der Waals surface area contributed by atoms with Crippen LogP contribution in [0.1, 0.15) is 63.4 Å². The molecule has 2 aliphatic heterocycles. The highest BCUT2D eigenvalue weighted by Crippen LogP contribution is 2.64. The van der Waals surface area contributed by atoms with Gasteiger partial charge in [0, 0.05) is 53.7 Å². The molecule has 1 amide bonds. The van der Waals surface area contributed by atoms with E-state index in [1.807, 2.05) is 38.4 Å². The predicted molar refractivity (Wildman–Crippen MR) is 194 cm³/mol. The number of anilines is 1. The van der Waals surface area contributed by atoms with Crippen molar-refractivity contribution in [2.75, 3.05) is 31.1 Å². The van der Waals surface area contributed by atoms with Gasteiger partial charge < -0.3 is 23.9 Å². The number of carbonyl (C=O) groups is 1. The minimum atomic E-state index is -5.23. The monoisotopic (exact) mass is 749 g/mol. The van der Waals surface area contributed by atoms with Gasteiger partial charge in [0.05, 0.1) is 6.20 Å². The molecule has 16 heteroatoms. The second kappa shape index (κ2) is 12.9. The Morgan fingerprint density at radius 1 is 1.12 bits per heavy atom. The van der Waals surface area contributed by atoms with Crippen LogP contribution in [0.5, 0.6) is 5.75 Å². The Morgan fingerprint density at radius 2 is 1.92 bits per heavy atom. The van der Waals surface area contributed by atoms with Crippen molar-refractivity contribution in [2.45, 2.75) is 70.6 Å². The Balaban J connectivity index is 1.14. The average Bonchev–Trinajstić information content (AvgIpc) is 3.32. The molecule has 0 radical (unpaired) electrons. The number of benzene rings is 2. The number of hydrogen-bond acceptors (Lipinski definition) is 12. The number of rotatable bonds is 8. The van der Waals surface area contributed by atoms with E-state index in [-0.39, 0.29) is 23.3 Å². The summed E-state index contributed by atoms with van der Waals surface area (Å²) < 4.78 is 54.6. The highest BCUT2D eigenvalue weighted by atomic mass is 32.3. The molecule has 5 heterocycles. The van der Waals surface area contributed by atoms with Gasteiger partial charge in [-0.05, 0) is 82.7 Å². The Kier molecular flexibility index (Phi) is 8.61. The SMILES string of the molecule is Cc1csc(C2(CNC(=O)OC(C)(C)C)C3CCN(c4cnc5c(-c6ccc(OS(=O)(=O)F)c7ccccc67)nn(C6CCCCO6)c5n4)CC32)n1. The van der Waals surface area contributed by atoms with Crippen LogP contribution in [0.15, 0.2) is 48.0 Å². The third-order valence-corrected chi connectivity index (χ3v) is 11.8. The topological polar surface area (TPSA) is 151 Å². The van der Waals surface area contributed by atoms with Gasteiger partial charge in [-0.3, -0.25) is 0 Å². The van der Waals surface area contributed by atoms with Gasteiger partial charge >= 0.3 is 16.6 Å². The number of thiazole rings is 1. The van der Waals surface area contributed by atoms with Gasteiger partial charge in [-0.1, -0.05) is 28.2 Å². The number of nitrogens with zero attached hydrogens (tertiary/aromatic N) is 6. The van der Waals surface area contributed by atoms with Crippen LogP contribution < -0.4 is 14.4 Å². The van der Waals surface area contributed by atoms with Crippen molar-refractivity contribution >= 4 is 55.7 Å². The number of piperidine rings is 1. The van der Waals surface area contributed by atoms with Crippen LogP contribution in [0.4, 0.5) is 14.5 Å². The summed E-state index contributed by atoms with van der Waals surface area (Å²) in [6.45, 7) is 10.1. The van der Waals surface area contributed by atoms with Crippen LogP contribution in [-0.2, 0) is 25.4 Å². The van der Waals surface area contributed by atoms with Crippen molar-refractivity contribution in [1.29, 1.82) is 0 Å². The molecule has 2 saturated heterocycles. The summed E-state index contributed by atoms with van der Waals surface area (Å²) in [5, 5.41) is 12.2. The first-order valence-electron chi connectivity index (χ1n) is 17.5. The second-order valence-corrected chi connectivity index (χ2v) is 16.6. The fourth-order valence-corrected chi connectivity index (χ4v) is 9.43. The lowest BCUT2D eigenvalue weighted by Gasteiger charge is -2.27. The van der Waals surface area contributed by atoms with Gasteiger partial charge in [0.15, 0.2) is 17.6 Å². The van der Waals surface area contributed by atoms with Crippen molar-refractivity contribution in [2.24, 2.45) is 11.8 Å². The number of aromatic nitrogens is 5. The maximum atomic E-state index is 13.6. The highest BCUT2D eigenvalue weighted by Gasteiger charge is 2.68. The molecule has 2 aromatic carbocycles. The molecule has 0 spiro atoms. The molecule has 4 unspecified atom stereocenters. The van der Waals surface area contributed by atoms with Crippen LogP contribution in [-0.4, -0.2) is 71.1 Å². The van der Waals surface area contributed by atoms with E-state index in [1.165, 1.54) is 6.07 Å². The number of ether oxygens (including phenoxy) is 2. The Labute approximate surface area is 304 Å². The Morgan fingerprint density at radius 3 is 2.63 bits per heavy atom. The highest BCUT2D eigenvalue weighted by molar-refractivity contribution is 7.81. The van der Waals surface area contributed by atoms with E-state index >= 15 is 0 Å². The number of halogens is 1. The molecule has 13 nitrogen and oxygen atoms in total. The van der Waals surface area contributed by atoms with Crippen molar-refractivity contribution in [1.82, 2.24) is 30.0 Å². The van der Waals surface area contributed by atoms with Crippen molar-refractivity contribution in [3.05, 3.63) is 58.7 Å². The standard InChI is InChI=1S/C36H40FN7O6S2/c1-21-19-51-33(40-21)36(20-39-34(45)49-35(2,3)4)25-14-15-43(18-26(25)36)28-17-38-31-30(42-44(32(31)41-28)29-11-7-8-16-48-29)24-12-13-27(50-52(37,46)47)23-10-6-5-9-22(23)24/h5-6,9-10,12-13,17,19,25-26,29H,7-8,11,14-16,18,20H2,1-4H3,(H,39,45). The minimum absolute atomic E-state index is 0.122. The molecule has 3 aromatic heterocycles. The number of aryl methyl sites for hydroxylation is 1. The number of nitrogens with one attached hydrogen (secondary N) is 1. The number of alkyl carbamates (subject to hydrolysis) is 1. The molecule has 3 fully saturated rings. The molecule has 8 rings (SSSR count). The zero-order valence-electron chi connectivity index (χ0n) is 29.3. The average molecular weight is 750 g/mol. The van der Waals surface area contributed by atoms with Crippen LogP contribution >= 0.6 is 11.3 Å². The molecule has 0 bridgehead atoms. The number of carbonyl (C=O) groups excluding carboxylic acids is 1. The predicted octanol–water partition coefficient (Wildman–Crippen LogP) is 6.62. The maximum absolute atomic E-state index is 13.6. The van der Waals surface area contributed by atoms with Gasteiger partial charge in [0.2, 0.25) is 0 Å². The summed E-state index contributed by atoms with van der Waals surface area (Å²) in [5.74, 6) is 1.18. The van der Waals surface area contributed by atoms with Crippen molar-refractivity contribution < 1.29 is 30.8 Å². The van der Waals surface area contributed by atoms with E-state index in [0.717, 1.165) is 42.9 Å². The first kappa shape index (κ1) is 34.7. The summed E-state index contributed by atoms with van der Waals surface area (Å²) in [6.07, 6.45) is 4.59. The molecule has 1 saturated carbocycles. The largest absolute Gasteiger partial charge is 0.488 e. The fourth-order valence-electron chi connectivity index (χ4n) is 7.95. The fraction of sp³-hybridized carbons (Fsp3) is 0.472. The van der Waals surface area contributed by atoms with Gasteiger partial charge in [-0.15, -0.1) is 11.3 Å². The molecule has 52 heavy (non-hydrogen) atoms. The first-order chi connectivity index (χ1) is 24.8. The zero-order chi connectivity index (χ0) is 36.4. The number of fused-ring (bicyclic) bond motifs is 3. The molecule has 4 atom stereocenters. The summed E-state index contributed by atoms with van der Waals surface area (Å²) in [6, 6.07) is 10.1. The molecular formula is C36H40FN7O6S2. The smallest absolute Gasteiger partial charge is 0.444 e. The third kappa shape index (κ3) is 6.45. The molecular weight excluding hydrogens is 710 g/mol. The molecule has 274 valence electrons. The van der Waals surface area contributed by atoms with Gasteiger partial charge in [0.1, 0.15) is 27.6 Å². The molecule has 3 aliphatic rings. The number of amides is 1. The van der Waals surface area contributed by atoms with E-state index in [4.69, 9.17) is 29.5 Å². The second-order valence-electron chi connectivity index (χ2n) is 14.8. The quantitative estimate of drug-likeness (QED) is 0.171. The summed E-state index contributed by atoms with van der Waals surface area (Å²) in [5.41, 5.74) is 2.40. The Bertz CT molecular complexity index is 2280. The Hall–Kier alpha value is -4.41. The minimum Gasteiger partial charge on any atom is -0.444 e. The summed E-state index contributed by atoms with van der Waals surface area (Å²) in [7, 11) is -5.23. The molecule has 1 aliphatic carbocycles. The lowest BCUT2D eigenvalue weighted by Crippen LogP contribution is -2.38. The van der Waals surface area contributed by atoms with E-state index in [0.29, 0.717) is 64.6 Å². The number of hydrogen-bond donors (Lipinski definition) is 1. The molecule has 5 aromatic rings. The summed E-state index contributed by atoms with van der Waals surface area (Å²) in [4.78, 5) is 30.0. The van der Waals surface area contributed by atoms with E-state index in [9.17, 15) is 17.1 Å². The lowest BCUT2D eigenvalue weighted by molar-refractivity contribution is -0.0368. The normalized spacial score (nSPS) is 23.4. The van der Waals surface area contributed by atoms with Gasteiger partial charge in [-0.25, -0.2) is 24.4 Å². The van der Waals surface area contributed by atoms with Crippen LogP contribution in [0, 0.1) is 18.8 Å². The van der Waals surface area contributed by atoms with Crippen LogP contribution in [0.2, 0.25) is 0 Å². The third-order valence-electron chi connectivity index (χ3n) is 10.2. The van der Waals surface area contributed by atoms with Gasteiger partial charge in [-0.2, -0.15) is 13.5 Å². The summed E-state index contributed by atoms with van der Waals surface area (Å²) >= 11 is 1.64. The van der Waals surface area contributed by atoms with E-state index < -0.39 is 22.2 Å². The zero-order valence-corrected chi connectivity index (χ0v) is 31.0.